The topological polar surface area (TPSA) is 29.3 Å². The van der Waals surface area contributed by atoms with Crippen molar-refractivity contribution in [1.29, 1.82) is 0 Å². The van der Waals surface area contributed by atoms with E-state index in [1.807, 2.05) is 0 Å². The van der Waals surface area contributed by atoms with E-state index in [2.05, 4.69) is 62.2 Å². The minimum atomic E-state index is 0.260. The van der Waals surface area contributed by atoms with Gasteiger partial charge in [0.15, 0.2) is 0 Å². The molecule has 2 aromatic rings. The first-order valence-corrected chi connectivity index (χ1v) is 6.53. The van der Waals surface area contributed by atoms with Crippen LogP contribution in [0.1, 0.15) is 18.9 Å². The molecule has 1 unspecified atom stereocenters. The van der Waals surface area contributed by atoms with Gasteiger partial charge in [-0.25, -0.2) is 0 Å². The number of hydrogen-bond acceptors (Lipinski definition) is 2. The molecule has 0 aliphatic rings. The Morgan fingerprint density at radius 2 is 1.78 bits per heavy atom. The largest absolute Gasteiger partial charge is 0.375 e. The van der Waals surface area contributed by atoms with Crippen LogP contribution in [0.4, 0.5) is 5.69 Å². The van der Waals surface area contributed by atoms with E-state index in [0.717, 1.165) is 13.0 Å². The van der Waals surface area contributed by atoms with Gasteiger partial charge in [-0.05, 0) is 43.2 Å². The molecule has 0 amide bonds. The van der Waals surface area contributed by atoms with Gasteiger partial charge in [-0.2, -0.15) is 0 Å². The van der Waals surface area contributed by atoms with Crippen molar-refractivity contribution in [3.63, 3.8) is 0 Å². The molecule has 2 nitrogen and oxygen atoms in total. The molecule has 0 radical (unpaired) electrons. The average molecular weight is 242 g/mol. The molecule has 0 aliphatic heterocycles. The molecule has 96 valence electrons. The van der Waals surface area contributed by atoms with E-state index in [0.29, 0.717) is 0 Å². The lowest BCUT2D eigenvalue weighted by Gasteiger charge is -2.20. The predicted molar refractivity (Wildman–Crippen MR) is 80.2 cm³/mol. The summed E-state index contributed by atoms with van der Waals surface area (Å²) in [5.41, 5.74) is 8.36. The fourth-order valence-corrected chi connectivity index (χ4v) is 2.12. The Bertz CT molecular complexity index is 532. The van der Waals surface area contributed by atoms with Gasteiger partial charge in [-0.15, -0.1) is 0 Å². The quantitative estimate of drug-likeness (QED) is 0.891. The lowest BCUT2D eigenvalue weighted by atomic mass is 10.1. The van der Waals surface area contributed by atoms with Crippen molar-refractivity contribution in [2.75, 3.05) is 18.5 Å². The Morgan fingerprint density at radius 3 is 2.50 bits per heavy atom. The summed E-state index contributed by atoms with van der Waals surface area (Å²) >= 11 is 0. The van der Waals surface area contributed by atoms with E-state index in [-0.39, 0.29) is 6.04 Å². The maximum absolute atomic E-state index is 5.80. The van der Waals surface area contributed by atoms with E-state index < -0.39 is 0 Å². The van der Waals surface area contributed by atoms with Crippen molar-refractivity contribution in [3.8, 4) is 0 Å². The zero-order valence-corrected chi connectivity index (χ0v) is 11.5. The van der Waals surface area contributed by atoms with Gasteiger partial charge in [0, 0.05) is 25.3 Å². The van der Waals surface area contributed by atoms with Crippen molar-refractivity contribution in [2.45, 2.75) is 26.3 Å². The Morgan fingerprint density at radius 1 is 1.11 bits per heavy atom. The van der Waals surface area contributed by atoms with E-state index in [4.69, 9.17) is 5.73 Å². The summed E-state index contributed by atoms with van der Waals surface area (Å²) in [6, 6.07) is 13.5. The number of rotatable bonds is 4. The Labute approximate surface area is 109 Å². The van der Waals surface area contributed by atoms with Crippen LogP contribution in [0.3, 0.4) is 0 Å². The molecule has 0 fully saturated rings. The van der Waals surface area contributed by atoms with Crippen LogP contribution in [-0.2, 0) is 0 Å². The number of hydrogen-bond donors (Lipinski definition) is 1. The zero-order chi connectivity index (χ0) is 13.1. The molecule has 0 aromatic heterocycles. The molecule has 0 saturated carbocycles. The number of anilines is 1. The summed E-state index contributed by atoms with van der Waals surface area (Å²) in [5, 5.41) is 2.60. The summed E-state index contributed by atoms with van der Waals surface area (Å²) in [7, 11) is 2.12. The van der Waals surface area contributed by atoms with Crippen LogP contribution in [-0.4, -0.2) is 19.6 Å². The first-order valence-electron chi connectivity index (χ1n) is 6.53. The Balaban J connectivity index is 2.21. The number of nitrogens with zero attached hydrogens (tertiary/aromatic N) is 1. The highest BCUT2D eigenvalue weighted by Crippen LogP contribution is 2.22. The van der Waals surface area contributed by atoms with Crippen LogP contribution in [0, 0.1) is 6.92 Å². The molecule has 0 aliphatic carbocycles. The Kier molecular flexibility index (Phi) is 3.87. The molecule has 0 heterocycles. The van der Waals surface area contributed by atoms with Gasteiger partial charge in [0.1, 0.15) is 0 Å². The highest BCUT2D eigenvalue weighted by Gasteiger charge is 2.03. The highest BCUT2D eigenvalue weighted by molar-refractivity contribution is 5.86. The van der Waals surface area contributed by atoms with Crippen molar-refractivity contribution in [1.82, 2.24) is 0 Å². The van der Waals surface area contributed by atoms with Crippen LogP contribution >= 0.6 is 0 Å². The highest BCUT2D eigenvalue weighted by atomic mass is 15.1. The van der Waals surface area contributed by atoms with Crippen molar-refractivity contribution in [3.05, 3.63) is 42.0 Å². The molecule has 18 heavy (non-hydrogen) atoms. The normalized spacial score (nSPS) is 12.7. The van der Waals surface area contributed by atoms with Crippen LogP contribution in [0.5, 0.6) is 0 Å². The molecule has 0 bridgehead atoms. The lowest BCUT2D eigenvalue weighted by molar-refractivity contribution is 0.659. The third kappa shape index (κ3) is 3.02. The second-order valence-electron chi connectivity index (χ2n) is 5.22. The van der Waals surface area contributed by atoms with Gasteiger partial charge in [0.05, 0.1) is 0 Å². The molecule has 0 spiro atoms. The molecule has 2 N–H and O–H groups in total. The van der Waals surface area contributed by atoms with Gasteiger partial charge >= 0.3 is 0 Å². The maximum atomic E-state index is 5.80. The summed E-state index contributed by atoms with van der Waals surface area (Å²) in [4.78, 5) is 2.27. The second kappa shape index (κ2) is 5.40. The molecule has 0 saturated heterocycles. The predicted octanol–water partition coefficient (Wildman–Crippen LogP) is 3.32. The van der Waals surface area contributed by atoms with Crippen LogP contribution < -0.4 is 10.6 Å². The third-order valence-corrected chi connectivity index (χ3v) is 3.34. The summed E-state index contributed by atoms with van der Waals surface area (Å²) in [6.07, 6.45) is 1.02. The van der Waals surface area contributed by atoms with E-state index in [1.54, 1.807) is 0 Å². The average Bonchev–Trinajstić information content (AvgIpc) is 2.35. The first-order chi connectivity index (χ1) is 8.56. The summed E-state index contributed by atoms with van der Waals surface area (Å²) in [5.74, 6) is 0. The molecule has 2 aromatic carbocycles. The van der Waals surface area contributed by atoms with E-state index >= 15 is 0 Å². The monoisotopic (exact) mass is 242 g/mol. The molecule has 2 heteroatoms. The summed E-state index contributed by atoms with van der Waals surface area (Å²) in [6.45, 7) is 5.17. The van der Waals surface area contributed by atoms with Crippen LogP contribution in [0.25, 0.3) is 10.8 Å². The third-order valence-electron chi connectivity index (χ3n) is 3.34. The maximum Gasteiger partial charge on any atom is 0.0370 e. The van der Waals surface area contributed by atoms with Gasteiger partial charge in [0.25, 0.3) is 0 Å². The van der Waals surface area contributed by atoms with Gasteiger partial charge in [0.2, 0.25) is 0 Å². The van der Waals surface area contributed by atoms with Crippen molar-refractivity contribution in [2.24, 2.45) is 5.73 Å². The number of fused-ring (bicyclic) bond motifs is 1. The van der Waals surface area contributed by atoms with Crippen molar-refractivity contribution < 1.29 is 0 Å². The number of aryl methyl sites for hydroxylation is 1. The Hall–Kier alpha value is -1.54. The summed E-state index contributed by atoms with van der Waals surface area (Å²) < 4.78 is 0. The minimum Gasteiger partial charge on any atom is -0.375 e. The number of nitrogens with two attached hydrogens (primary N) is 1. The zero-order valence-electron chi connectivity index (χ0n) is 11.5. The smallest absolute Gasteiger partial charge is 0.0370 e. The van der Waals surface area contributed by atoms with Crippen LogP contribution in [0.2, 0.25) is 0 Å². The second-order valence-corrected chi connectivity index (χ2v) is 5.22. The fraction of sp³-hybridized carbons (Fsp3) is 0.375. The molecule has 2 rings (SSSR count). The van der Waals surface area contributed by atoms with Gasteiger partial charge in [-0.3, -0.25) is 0 Å². The fourth-order valence-electron chi connectivity index (χ4n) is 2.12. The standard InChI is InChI=1S/C16H22N2/c1-12-4-5-15-11-16(7-6-14(15)10-12)18(3)9-8-13(2)17/h4-7,10-11,13H,8-9,17H2,1-3H3. The van der Waals surface area contributed by atoms with Gasteiger partial charge < -0.3 is 10.6 Å². The van der Waals surface area contributed by atoms with E-state index in [9.17, 15) is 0 Å². The van der Waals surface area contributed by atoms with Crippen molar-refractivity contribution >= 4 is 16.5 Å². The molecular weight excluding hydrogens is 220 g/mol. The minimum absolute atomic E-state index is 0.260. The van der Waals surface area contributed by atoms with E-state index in [1.165, 1.54) is 22.0 Å². The SMILES string of the molecule is Cc1ccc2cc(N(C)CCC(C)N)ccc2c1. The molecular formula is C16H22N2. The number of benzene rings is 2. The van der Waals surface area contributed by atoms with Gasteiger partial charge in [-0.1, -0.05) is 29.8 Å². The van der Waals surface area contributed by atoms with Crippen LogP contribution in [0.15, 0.2) is 36.4 Å². The lowest BCUT2D eigenvalue weighted by Crippen LogP contribution is -2.25. The first kappa shape index (κ1) is 12.9. The molecule has 1 atom stereocenters.